The van der Waals surface area contributed by atoms with Crippen LogP contribution >= 0.6 is 22.6 Å². The largest absolute Gasteiger partial charge is 0.455 e. The van der Waals surface area contributed by atoms with E-state index in [0.29, 0.717) is 9.99 Å². The predicted molar refractivity (Wildman–Crippen MR) is 142 cm³/mol. The van der Waals surface area contributed by atoms with Crippen molar-refractivity contribution in [3.8, 4) is 0 Å². The smallest absolute Gasteiger partial charge is 0.338 e. The van der Waals surface area contributed by atoms with Gasteiger partial charge in [0.1, 0.15) is 11.9 Å². The molecule has 1 aliphatic heterocycles. The van der Waals surface area contributed by atoms with Crippen molar-refractivity contribution < 1.29 is 37.8 Å². The van der Waals surface area contributed by atoms with Gasteiger partial charge in [0.25, 0.3) is 0 Å². The molecule has 8 nitrogen and oxygen atoms in total. The van der Waals surface area contributed by atoms with Gasteiger partial charge in [0.15, 0.2) is 26.8 Å². The maximum absolute atomic E-state index is 13.0. The van der Waals surface area contributed by atoms with E-state index in [2.05, 4.69) is 56.5 Å². The number of carbonyl (C=O) groups is 3. The second kappa shape index (κ2) is 12.8. The van der Waals surface area contributed by atoms with E-state index in [1.807, 2.05) is 0 Å². The number of methoxy groups -OCH3 is 1. The predicted octanol–water partition coefficient (Wildman–Crippen LogP) is 4.69. The molecule has 0 aliphatic carbocycles. The van der Waals surface area contributed by atoms with Crippen LogP contribution in [0.2, 0.25) is 18.1 Å². The van der Waals surface area contributed by atoms with Crippen molar-refractivity contribution in [1.29, 1.82) is 0 Å². The number of rotatable bonds is 10. The summed E-state index contributed by atoms with van der Waals surface area (Å²) < 4.78 is 30.7. The van der Waals surface area contributed by atoms with Crippen molar-refractivity contribution in [2.45, 2.75) is 89.4 Å². The molecule has 1 heterocycles. The Morgan fingerprint density at radius 2 is 1.63 bits per heavy atom. The van der Waals surface area contributed by atoms with Gasteiger partial charge in [-0.15, -0.1) is 0 Å². The standard InChI is InChI=1S/C25H37IO8Si/c1-16(27)13-14-19(28)32-21-20(34-35(6,7)25(2,3)4)18(15-26)31-24(30-5)22(21)33-23(29)17-11-9-8-10-12-17/h8-12,18,20-22,24H,13-15H2,1-7H3/t18-,20-,21-,22-,24+/m1/s1. The number of carbonyl (C=O) groups excluding carboxylic acids is 3. The fourth-order valence-corrected chi connectivity index (χ4v) is 5.39. The average molecular weight is 621 g/mol. The highest BCUT2D eigenvalue weighted by molar-refractivity contribution is 14.1. The molecule has 0 N–H and O–H groups in total. The van der Waals surface area contributed by atoms with Gasteiger partial charge in [-0.05, 0) is 37.2 Å². The highest BCUT2D eigenvalue weighted by Crippen LogP contribution is 2.40. The van der Waals surface area contributed by atoms with Crippen LogP contribution in [0.3, 0.4) is 0 Å². The van der Waals surface area contributed by atoms with Crippen LogP contribution in [0.4, 0.5) is 0 Å². The van der Waals surface area contributed by atoms with Gasteiger partial charge in [-0.1, -0.05) is 61.6 Å². The molecule has 0 aromatic heterocycles. The first kappa shape index (κ1) is 29.9. The molecule has 0 spiro atoms. The maximum Gasteiger partial charge on any atom is 0.338 e. The van der Waals surface area contributed by atoms with E-state index in [9.17, 15) is 14.4 Å². The summed E-state index contributed by atoms with van der Waals surface area (Å²) in [6, 6.07) is 8.54. The minimum absolute atomic E-state index is 0.0632. The monoisotopic (exact) mass is 620 g/mol. The first-order valence-corrected chi connectivity index (χ1v) is 16.1. The van der Waals surface area contributed by atoms with Gasteiger partial charge in [-0.25, -0.2) is 4.79 Å². The van der Waals surface area contributed by atoms with Crippen LogP contribution in [0.1, 0.15) is 50.9 Å². The Morgan fingerprint density at radius 1 is 1.00 bits per heavy atom. The molecule has 0 amide bonds. The number of ketones is 1. The zero-order valence-corrected chi connectivity index (χ0v) is 24.7. The van der Waals surface area contributed by atoms with Crippen LogP contribution in [0.5, 0.6) is 0 Å². The molecule has 1 saturated heterocycles. The molecule has 1 aromatic carbocycles. The summed E-state index contributed by atoms with van der Waals surface area (Å²) >= 11 is 2.19. The molecular weight excluding hydrogens is 583 g/mol. The Hall–Kier alpha value is -1.34. The number of hydrogen-bond acceptors (Lipinski definition) is 8. The maximum atomic E-state index is 13.0. The first-order valence-electron chi connectivity index (χ1n) is 11.7. The average Bonchev–Trinajstić information content (AvgIpc) is 2.79. The summed E-state index contributed by atoms with van der Waals surface area (Å²) in [5, 5.41) is -0.125. The molecule has 10 heteroatoms. The Kier molecular flexibility index (Phi) is 10.9. The van der Waals surface area contributed by atoms with E-state index in [0.717, 1.165) is 0 Å². The molecule has 0 radical (unpaired) electrons. The second-order valence-corrected chi connectivity index (χ2v) is 15.8. The normalized spacial score (nSPS) is 25.1. The van der Waals surface area contributed by atoms with E-state index in [-0.39, 0.29) is 23.7 Å². The Bertz CT molecular complexity index is 870. The van der Waals surface area contributed by atoms with Crippen molar-refractivity contribution in [3.05, 3.63) is 35.9 Å². The second-order valence-electron chi connectivity index (χ2n) is 10.2. The van der Waals surface area contributed by atoms with Gasteiger partial charge < -0.3 is 28.2 Å². The van der Waals surface area contributed by atoms with Gasteiger partial charge in [0, 0.05) is 18.0 Å². The number of ether oxygens (including phenoxy) is 4. The summed E-state index contributed by atoms with van der Waals surface area (Å²) in [4.78, 5) is 37.2. The van der Waals surface area contributed by atoms with Crippen LogP contribution in [-0.2, 0) is 33.0 Å². The molecule has 0 bridgehead atoms. The van der Waals surface area contributed by atoms with Crippen molar-refractivity contribution in [3.63, 3.8) is 0 Å². The van der Waals surface area contributed by atoms with Crippen molar-refractivity contribution >= 4 is 48.6 Å². The lowest BCUT2D eigenvalue weighted by Gasteiger charge is -2.48. The highest BCUT2D eigenvalue weighted by Gasteiger charge is 2.53. The first-order chi connectivity index (χ1) is 16.3. The minimum atomic E-state index is -2.36. The zero-order valence-electron chi connectivity index (χ0n) is 21.5. The lowest BCUT2D eigenvalue weighted by Crippen LogP contribution is -2.64. The van der Waals surface area contributed by atoms with E-state index in [1.165, 1.54) is 14.0 Å². The molecule has 0 saturated carbocycles. The zero-order chi connectivity index (χ0) is 26.4. The minimum Gasteiger partial charge on any atom is -0.455 e. The molecule has 5 atom stereocenters. The van der Waals surface area contributed by atoms with Crippen LogP contribution in [-0.4, -0.2) is 68.3 Å². The van der Waals surface area contributed by atoms with Gasteiger partial charge >= 0.3 is 11.9 Å². The summed E-state index contributed by atoms with van der Waals surface area (Å²) in [7, 11) is -0.909. The third-order valence-corrected chi connectivity index (χ3v) is 11.8. The molecule has 0 unspecified atom stereocenters. The van der Waals surface area contributed by atoms with E-state index in [1.54, 1.807) is 30.3 Å². The number of halogens is 1. The number of benzene rings is 1. The number of Topliss-reactive ketones (excluding diaryl/α,β-unsaturated/α-hetero) is 1. The Labute approximate surface area is 222 Å². The van der Waals surface area contributed by atoms with E-state index < -0.39 is 51.0 Å². The lowest BCUT2D eigenvalue weighted by atomic mass is 9.99. The van der Waals surface area contributed by atoms with Gasteiger partial charge in [-0.3, -0.25) is 4.79 Å². The van der Waals surface area contributed by atoms with E-state index in [4.69, 9.17) is 23.4 Å². The van der Waals surface area contributed by atoms with Crippen molar-refractivity contribution in [1.82, 2.24) is 0 Å². The molecule has 196 valence electrons. The summed E-state index contributed by atoms with van der Waals surface area (Å²) in [5.41, 5.74) is 0.349. The van der Waals surface area contributed by atoms with Crippen molar-refractivity contribution in [2.75, 3.05) is 11.5 Å². The molecule has 1 aliphatic rings. The summed E-state index contributed by atoms with van der Waals surface area (Å²) in [5.74, 6) is -1.28. The SMILES string of the molecule is CO[C@H]1O[C@H](CI)[C@@H](O[Si](C)(C)C(C)(C)C)[C@@H](OC(=O)CCC(C)=O)[C@H]1OC(=O)c1ccccc1. The van der Waals surface area contributed by atoms with Crippen LogP contribution in [0.25, 0.3) is 0 Å². The molecule has 1 fully saturated rings. The summed E-state index contributed by atoms with van der Waals surface area (Å²) in [6.45, 7) is 11.9. The fraction of sp³-hybridized carbons (Fsp3) is 0.640. The molecular formula is C25H37IO8Si. The van der Waals surface area contributed by atoms with Gasteiger partial charge in [0.2, 0.25) is 0 Å². The van der Waals surface area contributed by atoms with Crippen LogP contribution in [0, 0.1) is 0 Å². The van der Waals surface area contributed by atoms with Crippen molar-refractivity contribution in [2.24, 2.45) is 0 Å². The number of alkyl halides is 1. The molecule has 1 aromatic rings. The third kappa shape index (κ3) is 8.07. The fourth-order valence-electron chi connectivity index (χ4n) is 3.37. The van der Waals surface area contributed by atoms with Crippen LogP contribution in [0.15, 0.2) is 30.3 Å². The van der Waals surface area contributed by atoms with Crippen LogP contribution < -0.4 is 0 Å². The Morgan fingerprint density at radius 3 is 2.14 bits per heavy atom. The summed E-state index contributed by atoms with van der Waals surface area (Å²) in [6.07, 6.45) is -4.18. The molecule has 35 heavy (non-hydrogen) atoms. The Balaban J connectivity index is 2.45. The van der Waals surface area contributed by atoms with E-state index >= 15 is 0 Å². The number of hydrogen-bond donors (Lipinski definition) is 0. The van der Waals surface area contributed by atoms with Gasteiger partial charge in [0.05, 0.1) is 18.1 Å². The molecule has 2 rings (SSSR count). The highest BCUT2D eigenvalue weighted by atomic mass is 127. The lowest BCUT2D eigenvalue weighted by molar-refractivity contribution is -0.284. The van der Waals surface area contributed by atoms with Gasteiger partial charge in [-0.2, -0.15) is 0 Å². The number of esters is 2. The topological polar surface area (TPSA) is 97.4 Å². The quantitative estimate of drug-likeness (QED) is 0.161. The third-order valence-electron chi connectivity index (χ3n) is 6.41.